The molecule has 0 aliphatic carbocycles. The molecule has 0 aliphatic heterocycles. The smallest absolute Gasteiger partial charge is 0.221 e. The Balaban J connectivity index is 2.37. The molecule has 0 heterocycles. The van der Waals surface area contributed by atoms with Crippen LogP contribution < -0.4 is 11.1 Å². The lowest BCUT2D eigenvalue weighted by Crippen LogP contribution is -2.28. The molecule has 4 heteroatoms. The Morgan fingerprint density at radius 1 is 1.44 bits per heavy atom. The maximum atomic E-state index is 11.4. The normalized spacial score (nSPS) is 11.5. The third-order valence-electron chi connectivity index (χ3n) is 2.19. The molecule has 0 fully saturated rings. The van der Waals surface area contributed by atoms with Crippen LogP contribution in [0.4, 0.5) is 0 Å². The van der Waals surface area contributed by atoms with Gasteiger partial charge >= 0.3 is 0 Å². The van der Waals surface area contributed by atoms with Gasteiger partial charge in [-0.25, -0.2) is 0 Å². The molecule has 1 unspecified atom stereocenters. The van der Waals surface area contributed by atoms with Gasteiger partial charge in [-0.05, 0) is 5.56 Å². The molecule has 16 heavy (non-hydrogen) atoms. The molecule has 3 N–H and O–H groups in total. The highest BCUT2D eigenvalue weighted by Gasteiger charge is 2.10. The summed E-state index contributed by atoms with van der Waals surface area (Å²) in [4.78, 5) is 11.4. The van der Waals surface area contributed by atoms with Crippen molar-refractivity contribution in [3.05, 3.63) is 35.9 Å². The molecule has 1 atom stereocenters. The fourth-order valence-electron chi connectivity index (χ4n) is 1.35. The van der Waals surface area contributed by atoms with E-state index in [2.05, 4.69) is 5.32 Å². The van der Waals surface area contributed by atoms with Crippen molar-refractivity contribution >= 4 is 5.91 Å². The van der Waals surface area contributed by atoms with Gasteiger partial charge in [-0.15, -0.1) is 0 Å². The fraction of sp³-hybridized carbons (Fsp3) is 0.333. The molecule has 1 aromatic rings. The monoisotopic (exact) mass is 217 g/mol. The van der Waals surface area contributed by atoms with Gasteiger partial charge in [0.05, 0.1) is 12.5 Å². The lowest BCUT2D eigenvalue weighted by Gasteiger charge is -2.11. The Kier molecular flexibility index (Phi) is 5.03. The second kappa shape index (κ2) is 6.59. The summed E-state index contributed by atoms with van der Waals surface area (Å²) < 4.78 is 0. The van der Waals surface area contributed by atoms with E-state index in [1.165, 1.54) is 0 Å². The number of carbonyl (C=O) groups excluding carboxylic acids is 1. The number of nitriles is 1. The fourth-order valence-corrected chi connectivity index (χ4v) is 1.35. The number of carbonyl (C=O) groups is 1. The Labute approximate surface area is 95.1 Å². The van der Waals surface area contributed by atoms with Gasteiger partial charge in [0.2, 0.25) is 5.91 Å². The molecule has 0 spiro atoms. The Morgan fingerprint density at radius 2 is 2.12 bits per heavy atom. The quantitative estimate of drug-likeness (QED) is 0.725. The zero-order valence-corrected chi connectivity index (χ0v) is 9.02. The topological polar surface area (TPSA) is 78.9 Å². The van der Waals surface area contributed by atoms with Crippen molar-refractivity contribution in [2.75, 3.05) is 6.54 Å². The van der Waals surface area contributed by atoms with E-state index in [0.29, 0.717) is 13.0 Å². The third-order valence-corrected chi connectivity index (χ3v) is 2.19. The van der Waals surface area contributed by atoms with Crippen molar-refractivity contribution in [3.63, 3.8) is 0 Å². The lowest BCUT2D eigenvalue weighted by atomic mass is 10.0. The number of rotatable bonds is 5. The van der Waals surface area contributed by atoms with Gasteiger partial charge in [0.1, 0.15) is 0 Å². The summed E-state index contributed by atoms with van der Waals surface area (Å²) in [7, 11) is 0. The number of benzene rings is 1. The van der Waals surface area contributed by atoms with Crippen LogP contribution in [0.1, 0.15) is 24.4 Å². The maximum Gasteiger partial charge on any atom is 0.221 e. The van der Waals surface area contributed by atoms with Gasteiger partial charge in [0.15, 0.2) is 0 Å². The van der Waals surface area contributed by atoms with E-state index in [1.54, 1.807) is 0 Å². The minimum absolute atomic E-state index is 0.119. The lowest BCUT2D eigenvalue weighted by molar-refractivity contribution is -0.121. The summed E-state index contributed by atoms with van der Waals surface area (Å²) in [5.74, 6) is -0.119. The van der Waals surface area contributed by atoms with Gasteiger partial charge in [0, 0.05) is 19.0 Å². The van der Waals surface area contributed by atoms with Crippen molar-refractivity contribution in [3.8, 4) is 6.07 Å². The SMILES string of the molecule is N#CCCNC(=O)CC(N)c1ccccc1. The molecule has 0 aliphatic rings. The van der Waals surface area contributed by atoms with Crippen LogP contribution >= 0.6 is 0 Å². The first kappa shape index (κ1) is 12.2. The molecular weight excluding hydrogens is 202 g/mol. The van der Waals surface area contributed by atoms with E-state index in [-0.39, 0.29) is 18.4 Å². The average molecular weight is 217 g/mol. The number of nitrogens with two attached hydrogens (primary N) is 1. The number of hydrogen-bond acceptors (Lipinski definition) is 3. The second-order valence-electron chi connectivity index (χ2n) is 3.48. The van der Waals surface area contributed by atoms with Crippen LogP contribution in [0, 0.1) is 11.3 Å². The first-order valence-electron chi connectivity index (χ1n) is 5.18. The molecule has 1 amide bonds. The molecule has 1 rings (SSSR count). The zero-order valence-electron chi connectivity index (χ0n) is 9.02. The average Bonchev–Trinajstić information content (AvgIpc) is 2.30. The summed E-state index contributed by atoms with van der Waals surface area (Å²) in [6, 6.07) is 11.2. The van der Waals surface area contributed by atoms with Crippen LogP contribution in [-0.4, -0.2) is 12.5 Å². The largest absolute Gasteiger partial charge is 0.355 e. The summed E-state index contributed by atoms with van der Waals surface area (Å²) in [5.41, 5.74) is 6.82. The van der Waals surface area contributed by atoms with E-state index < -0.39 is 0 Å². The summed E-state index contributed by atoms with van der Waals surface area (Å²) >= 11 is 0. The predicted molar refractivity (Wildman–Crippen MR) is 61.2 cm³/mol. The highest BCUT2D eigenvalue weighted by atomic mass is 16.1. The third kappa shape index (κ3) is 4.11. The zero-order chi connectivity index (χ0) is 11.8. The molecule has 1 aromatic carbocycles. The van der Waals surface area contributed by atoms with E-state index >= 15 is 0 Å². The number of amides is 1. The van der Waals surface area contributed by atoms with Gasteiger partial charge in [-0.2, -0.15) is 5.26 Å². The minimum atomic E-state index is -0.289. The van der Waals surface area contributed by atoms with Gasteiger partial charge in [-0.1, -0.05) is 30.3 Å². The predicted octanol–water partition coefficient (Wildman–Crippen LogP) is 1.11. The van der Waals surface area contributed by atoms with E-state index in [9.17, 15) is 4.79 Å². The first-order chi connectivity index (χ1) is 7.74. The van der Waals surface area contributed by atoms with Gasteiger partial charge in [-0.3, -0.25) is 4.79 Å². The van der Waals surface area contributed by atoms with Crippen molar-refractivity contribution < 1.29 is 4.79 Å². The van der Waals surface area contributed by atoms with Crippen molar-refractivity contribution in [1.82, 2.24) is 5.32 Å². The molecule has 4 nitrogen and oxygen atoms in total. The molecule has 0 saturated heterocycles. The summed E-state index contributed by atoms with van der Waals surface area (Å²) in [6.07, 6.45) is 0.571. The highest BCUT2D eigenvalue weighted by molar-refractivity contribution is 5.76. The maximum absolute atomic E-state index is 11.4. The molecule has 0 aromatic heterocycles. The molecule has 84 valence electrons. The van der Waals surface area contributed by atoms with Crippen molar-refractivity contribution in [1.29, 1.82) is 5.26 Å². The molecule has 0 bridgehead atoms. The van der Waals surface area contributed by atoms with Crippen LogP contribution in [0.15, 0.2) is 30.3 Å². The van der Waals surface area contributed by atoms with E-state index in [1.807, 2.05) is 36.4 Å². The summed E-state index contributed by atoms with van der Waals surface area (Å²) in [5, 5.41) is 11.0. The van der Waals surface area contributed by atoms with E-state index in [0.717, 1.165) is 5.56 Å². The number of nitrogens with zero attached hydrogens (tertiary/aromatic N) is 1. The van der Waals surface area contributed by atoms with Crippen molar-refractivity contribution in [2.45, 2.75) is 18.9 Å². The van der Waals surface area contributed by atoms with E-state index in [4.69, 9.17) is 11.0 Å². The standard InChI is InChI=1S/C12H15N3O/c13-7-4-8-15-12(16)9-11(14)10-5-2-1-3-6-10/h1-3,5-6,11H,4,8-9,14H2,(H,15,16). The van der Waals surface area contributed by atoms with Gasteiger partial charge < -0.3 is 11.1 Å². The molecule has 0 saturated carbocycles. The van der Waals surface area contributed by atoms with Crippen LogP contribution in [0.5, 0.6) is 0 Å². The number of hydrogen-bond donors (Lipinski definition) is 2. The Hall–Kier alpha value is -1.86. The first-order valence-corrected chi connectivity index (χ1v) is 5.18. The highest BCUT2D eigenvalue weighted by Crippen LogP contribution is 2.12. The Morgan fingerprint density at radius 3 is 2.75 bits per heavy atom. The van der Waals surface area contributed by atoms with Crippen LogP contribution in [0.25, 0.3) is 0 Å². The summed E-state index contributed by atoms with van der Waals surface area (Å²) in [6.45, 7) is 0.386. The molecule has 0 radical (unpaired) electrons. The van der Waals surface area contributed by atoms with Crippen LogP contribution in [0.2, 0.25) is 0 Å². The van der Waals surface area contributed by atoms with Crippen LogP contribution in [-0.2, 0) is 4.79 Å². The van der Waals surface area contributed by atoms with Gasteiger partial charge in [0.25, 0.3) is 0 Å². The minimum Gasteiger partial charge on any atom is -0.355 e. The van der Waals surface area contributed by atoms with Crippen molar-refractivity contribution in [2.24, 2.45) is 5.73 Å². The Bertz CT molecular complexity index is 370. The molecular formula is C12H15N3O. The second-order valence-corrected chi connectivity index (χ2v) is 3.48. The number of nitrogens with one attached hydrogen (secondary N) is 1. The van der Waals surface area contributed by atoms with Crippen LogP contribution in [0.3, 0.4) is 0 Å².